The minimum absolute atomic E-state index is 0.0881. The Morgan fingerprint density at radius 3 is 1.90 bits per heavy atom. The molecule has 19 N–H and O–H groups in total. The molecule has 34 nitrogen and oxygen atoms in total. The number of carboxylic acid groups (broad SMARTS) is 2. The predicted molar refractivity (Wildman–Crippen MR) is 356 cm³/mol. The van der Waals surface area contributed by atoms with Gasteiger partial charge in [-0.05, 0) is 101 Å². The highest BCUT2D eigenvalue weighted by Gasteiger charge is 2.48. The van der Waals surface area contributed by atoms with Crippen molar-refractivity contribution in [2.24, 2.45) is 0 Å². The first kappa shape index (κ1) is 73.0. The number of fused-ring (bicyclic) bond motifs is 14. The van der Waals surface area contributed by atoms with E-state index in [0.29, 0.717) is 5.56 Å². The molecule has 36 heteroatoms. The summed E-state index contributed by atoms with van der Waals surface area (Å²) in [5.74, 6) is -17.8. The van der Waals surface area contributed by atoms with Crippen LogP contribution in [0.25, 0.3) is 11.1 Å². The van der Waals surface area contributed by atoms with Crippen molar-refractivity contribution in [2.75, 3.05) is 6.61 Å². The van der Waals surface area contributed by atoms with Gasteiger partial charge in [0.25, 0.3) is 0 Å². The van der Waals surface area contributed by atoms with Crippen LogP contribution in [0.1, 0.15) is 75.6 Å². The second kappa shape index (κ2) is 29.3. The maximum atomic E-state index is 16.3. The molecule has 2 saturated heterocycles. The van der Waals surface area contributed by atoms with Crippen molar-refractivity contribution >= 4 is 70.6 Å². The fourth-order valence-electron chi connectivity index (χ4n) is 12.9. The molecular formula is C70H62Cl2N6O28. The van der Waals surface area contributed by atoms with E-state index in [-0.39, 0.29) is 34.8 Å². The third-order valence-corrected chi connectivity index (χ3v) is 19.0. The van der Waals surface area contributed by atoms with Gasteiger partial charge < -0.3 is 131 Å². The molecule has 7 aromatic rings. The van der Waals surface area contributed by atoms with Crippen LogP contribution in [0.5, 0.6) is 69.0 Å². The number of aliphatic carboxylic acids is 2. The van der Waals surface area contributed by atoms with E-state index < -0.39 is 260 Å². The molecule has 554 valence electrons. The van der Waals surface area contributed by atoms with Crippen LogP contribution < -0.4 is 55.6 Å². The molecule has 6 amide bonds. The summed E-state index contributed by atoms with van der Waals surface area (Å²) in [7, 11) is 0. The van der Waals surface area contributed by atoms with Gasteiger partial charge in [0.05, 0.1) is 29.2 Å². The highest BCUT2D eigenvalue weighted by Crippen LogP contribution is 2.50. The Morgan fingerprint density at radius 1 is 0.528 bits per heavy atom. The number of carbonyl (C=O) groups excluding carboxylic acids is 6. The summed E-state index contributed by atoms with van der Waals surface area (Å²) in [6.45, 7) is -0.978. The number of phenols is 4. The van der Waals surface area contributed by atoms with Crippen molar-refractivity contribution in [3.63, 3.8) is 0 Å². The zero-order valence-corrected chi connectivity index (χ0v) is 55.7. The first-order chi connectivity index (χ1) is 50.5. The quantitative estimate of drug-likeness (QED) is 0.108. The molecule has 0 unspecified atom stereocenters. The molecule has 8 heterocycles. The minimum Gasteiger partial charge on any atom is -0.508 e. The average Bonchev–Trinajstić information content (AvgIpc) is 0.781. The Bertz CT molecular complexity index is 4740. The van der Waals surface area contributed by atoms with Crippen molar-refractivity contribution in [3.05, 3.63) is 164 Å². The van der Waals surface area contributed by atoms with Gasteiger partial charge in [-0.3, -0.25) is 28.8 Å². The van der Waals surface area contributed by atoms with Crippen LogP contribution in [-0.4, -0.2) is 188 Å². The molecule has 106 heavy (non-hydrogen) atoms. The van der Waals surface area contributed by atoms with Gasteiger partial charge in [-0.1, -0.05) is 53.5 Å². The number of nitrogens with one attached hydrogen (secondary N) is 6. The number of hydrogen-bond acceptors (Lipinski definition) is 26. The molecule has 0 aliphatic carbocycles. The van der Waals surface area contributed by atoms with E-state index in [1.807, 2.05) is 0 Å². The molecule has 0 aromatic heterocycles. The normalized spacial score (nSPS) is 27.3. The molecule has 7 aromatic carbocycles. The van der Waals surface area contributed by atoms with Crippen LogP contribution in [0.2, 0.25) is 10.0 Å². The van der Waals surface area contributed by atoms with Crippen molar-refractivity contribution in [1.82, 2.24) is 31.9 Å². The zero-order chi connectivity index (χ0) is 75.6. The standard InChI is InChI=1S/C70H62Cl2N6O28/c71-35-15-27-5-10-41(35)102-45-17-28-16-44(61(45)105-48-22-40(84)57(87)62(106-48)69(98)99)100-30-6-1-24(2-7-30)11-36-63(91)76-53(34-20-31(21-39(83)50(34)72)101-42-12-25(3-8-38(42)82)13-47(85)73-36)66(94)75-52(28)65(93)74-51-26-4-9-37(81)32(14-26)49-33(54(68(96)97)77-67(95)55(56(27)86)78-64(51)92)18-29(80)19-43(49)103-70-60(90)59(89)58(88)46(23-79)104-70/h1-10,12,14-21,36,40,46,48,51-60,62,70,79-84,86-90H,11,13,22-23H2,(H,73,85)(H,74,93)(H,75,94)(H,76,91)(H,77,95)(H,78,92)(H,96,97)(H,98,99)/t36-,40-,46-,48-,51-,52-,53+,54+,55+,56-,57+,58-,59+,60+,62+,70+/m1/s1. The minimum atomic E-state index is -2.40. The highest BCUT2D eigenvalue weighted by atomic mass is 35.5. The van der Waals surface area contributed by atoms with Crippen LogP contribution in [0.15, 0.2) is 115 Å². The SMILES string of the molecule is O=C1Cc2ccc(O)c(c2)Oc2cc(O)c(Cl)c(c2)[C@@H]2NC(=O)[C@@H](Cc3ccc(cc3)Oc3cc4cc(c3O[C@H]3C[C@@H](O)[C@H](O)[C@@H](C(=O)O)O3)Oc3ccc(cc3Cl)[C@@H](O)[C@@H]3NC(=O)[C@H](NC(=O)[C@@H]4NC2=O)c2ccc(O)c(c2)-c2c(O[C@H]4O[C@H](CO)[C@@H](O)[C@H](O)[C@@H]4O)cc(O)cc2[C@@H](C(=O)O)NC3=O)N1. The van der Waals surface area contributed by atoms with Crippen molar-refractivity contribution in [1.29, 1.82) is 0 Å². The third kappa shape index (κ3) is 14.5. The Balaban J connectivity index is 1.05. The van der Waals surface area contributed by atoms with Gasteiger partial charge in [-0.2, -0.15) is 0 Å². The second-order valence-electron chi connectivity index (χ2n) is 25.4. The topological polar surface area (TPSA) is 536 Å². The Hall–Kier alpha value is -11.3. The summed E-state index contributed by atoms with van der Waals surface area (Å²) < 4.78 is 42.8. The maximum absolute atomic E-state index is 16.3. The highest BCUT2D eigenvalue weighted by molar-refractivity contribution is 6.33. The Kier molecular flexibility index (Phi) is 20.2. The van der Waals surface area contributed by atoms with Crippen molar-refractivity contribution < 1.29 is 138 Å². The lowest BCUT2D eigenvalue weighted by atomic mass is 9.89. The fraction of sp³-hybridized carbons (Fsp3) is 0.286. The summed E-state index contributed by atoms with van der Waals surface area (Å²) in [6, 6.07) is 8.29. The average molecular weight is 1510 g/mol. The number of phenolic OH excluding ortho intramolecular Hbond substituents is 4. The van der Waals surface area contributed by atoms with Gasteiger partial charge in [-0.15, -0.1) is 0 Å². The summed E-state index contributed by atoms with van der Waals surface area (Å²) in [5, 5.41) is 158. The van der Waals surface area contributed by atoms with Crippen LogP contribution in [0.3, 0.4) is 0 Å². The van der Waals surface area contributed by atoms with E-state index in [4.69, 9.17) is 56.4 Å². The number of aromatic hydroxyl groups is 4. The number of rotatable bonds is 7. The maximum Gasteiger partial charge on any atom is 0.335 e. The smallest absolute Gasteiger partial charge is 0.335 e. The monoisotopic (exact) mass is 1500 g/mol. The number of aliphatic hydroxyl groups excluding tert-OH is 7. The van der Waals surface area contributed by atoms with E-state index in [0.717, 1.165) is 72.8 Å². The van der Waals surface area contributed by atoms with Crippen LogP contribution >= 0.6 is 23.2 Å². The van der Waals surface area contributed by atoms with E-state index in [9.17, 15) is 80.8 Å². The molecule has 0 radical (unpaired) electrons. The van der Waals surface area contributed by atoms with Gasteiger partial charge >= 0.3 is 11.9 Å². The summed E-state index contributed by atoms with van der Waals surface area (Å²) in [4.78, 5) is 119. The molecule has 0 spiro atoms. The molecule has 8 aliphatic rings. The summed E-state index contributed by atoms with van der Waals surface area (Å²) >= 11 is 13.9. The number of ether oxygens (including phenoxy) is 7. The fourth-order valence-corrected chi connectivity index (χ4v) is 13.3. The molecule has 15 rings (SSSR count). The largest absolute Gasteiger partial charge is 0.508 e. The number of carboxylic acids is 2. The third-order valence-electron chi connectivity index (χ3n) is 18.3. The molecule has 16 atom stereocenters. The number of benzene rings is 7. The van der Waals surface area contributed by atoms with Crippen LogP contribution in [0, 0.1) is 0 Å². The molecular weight excluding hydrogens is 1440 g/mol. The van der Waals surface area contributed by atoms with E-state index >= 15 is 24.0 Å². The van der Waals surface area contributed by atoms with Gasteiger partial charge in [-0.25, -0.2) is 9.59 Å². The summed E-state index contributed by atoms with van der Waals surface area (Å²) in [6.07, 6.45) is -21.5. The van der Waals surface area contributed by atoms with E-state index in [2.05, 4.69) is 31.9 Å². The number of hydrogen-bond donors (Lipinski definition) is 19. The van der Waals surface area contributed by atoms with Gasteiger partial charge in [0.2, 0.25) is 53.8 Å². The molecule has 8 aliphatic heterocycles. The van der Waals surface area contributed by atoms with Gasteiger partial charge in [0.15, 0.2) is 35.1 Å². The Morgan fingerprint density at radius 2 is 1.19 bits per heavy atom. The zero-order valence-electron chi connectivity index (χ0n) is 54.2. The molecule has 0 saturated carbocycles. The first-order valence-electron chi connectivity index (χ1n) is 32.2. The number of halogens is 2. The van der Waals surface area contributed by atoms with E-state index in [1.54, 1.807) is 0 Å². The van der Waals surface area contributed by atoms with Crippen molar-refractivity contribution in [2.45, 2.75) is 117 Å². The Labute approximate surface area is 605 Å². The molecule has 2 fully saturated rings. The first-order valence-corrected chi connectivity index (χ1v) is 33.0. The van der Waals surface area contributed by atoms with Crippen LogP contribution in [0.4, 0.5) is 0 Å². The van der Waals surface area contributed by atoms with Gasteiger partial charge in [0.1, 0.15) is 107 Å². The number of carbonyl (C=O) groups is 8. The van der Waals surface area contributed by atoms with E-state index in [1.165, 1.54) is 42.5 Å². The lowest BCUT2D eigenvalue weighted by molar-refractivity contribution is -0.277. The van der Waals surface area contributed by atoms with Crippen LogP contribution in [-0.2, 0) is 60.7 Å². The molecule has 17 bridgehead atoms. The van der Waals surface area contributed by atoms with Gasteiger partial charge in [0, 0.05) is 47.2 Å². The number of amides is 6. The number of aliphatic hydroxyl groups is 7. The predicted octanol–water partition coefficient (Wildman–Crippen LogP) is 1.60. The lowest BCUT2D eigenvalue weighted by Crippen LogP contribution is -2.60. The lowest BCUT2D eigenvalue weighted by Gasteiger charge is -2.40. The second-order valence-corrected chi connectivity index (χ2v) is 26.2. The summed E-state index contributed by atoms with van der Waals surface area (Å²) in [5.41, 5.74) is -2.93. The van der Waals surface area contributed by atoms with Crippen molar-refractivity contribution in [3.8, 4) is 80.1 Å².